The molecule has 0 saturated heterocycles. The number of nitrogens with zero attached hydrogens (tertiary/aromatic N) is 3. The Morgan fingerprint density at radius 3 is 2.95 bits per heavy atom. The van der Waals surface area contributed by atoms with Gasteiger partial charge >= 0.3 is 0 Å². The van der Waals surface area contributed by atoms with Crippen LogP contribution in [0.25, 0.3) is 10.8 Å². The lowest BCUT2D eigenvalue weighted by Crippen LogP contribution is -2.22. The maximum Gasteiger partial charge on any atom is 0.276 e. The van der Waals surface area contributed by atoms with Crippen molar-refractivity contribution in [3.63, 3.8) is 0 Å². The van der Waals surface area contributed by atoms with E-state index >= 15 is 0 Å². The molecule has 0 saturated carbocycles. The van der Waals surface area contributed by atoms with E-state index in [0.717, 1.165) is 9.69 Å². The van der Waals surface area contributed by atoms with E-state index in [1.165, 1.54) is 13.2 Å². The van der Waals surface area contributed by atoms with E-state index in [0.29, 0.717) is 5.39 Å². The number of hydrogen-bond acceptors (Lipinski definition) is 3. The molecule has 0 spiro atoms. The molecule has 19 heavy (non-hydrogen) atoms. The van der Waals surface area contributed by atoms with Crippen molar-refractivity contribution in [3.05, 3.63) is 36.7 Å². The first-order valence-corrected chi connectivity index (χ1v) is 6.86. The number of hydrogen-bond donors (Lipinski definition) is 0. The lowest BCUT2D eigenvalue weighted by molar-refractivity contribution is 0.523. The molecular weight excluding hydrogens is 265 g/mol. The number of terminal acetylenes is 1. The topological polar surface area (TPSA) is 45.6 Å². The fourth-order valence-corrected chi connectivity index (χ4v) is 2.33. The Balaban J connectivity index is 2.58. The van der Waals surface area contributed by atoms with Gasteiger partial charge in [-0.05, 0) is 0 Å². The van der Waals surface area contributed by atoms with Crippen molar-refractivity contribution in [2.45, 2.75) is 0 Å². The van der Waals surface area contributed by atoms with Gasteiger partial charge in [0.1, 0.15) is 5.69 Å². The Morgan fingerprint density at radius 1 is 1.47 bits per heavy atom. The molecule has 1 aromatic carbocycles. The van der Waals surface area contributed by atoms with Gasteiger partial charge in [-0.1, -0.05) is 30.2 Å². The number of fused-ring (bicyclic) bond motifs is 1. The number of benzene rings is 1. The van der Waals surface area contributed by atoms with Gasteiger partial charge in [0.2, 0.25) is 0 Å². The highest BCUT2D eigenvalue weighted by molar-refractivity contribution is 7.86. The van der Waals surface area contributed by atoms with Gasteiger partial charge in [0.25, 0.3) is 10.3 Å². The number of rotatable bonds is 3. The van der Waals surface area contributed by atoms with Crippen LogP contribution in [0.5, 0.6) is 0 Å². The summed E-state index contributed by atoms with van der Waals surface area (Å²) in [6.07, 6.45) is 8.09. The van der Waals surface area contributed by atoms with Crippen LogP contribution in [-0.2, 0) is 10.3 Å². The minimum atomic E-state index is -4.04. The van der Waals surface area contributed by atoms with Gasteiger partial charge in [-0.15, -0.1) is 10.3 Å². The lowest BCUT2D eigenvalue weighted by Gasteiger charge is -2.11. The average molecular weight is 277 g/mol. The van der Waals surface area contributed by atoms with Crippen LogP contribution in [0.3, 0.4) is 0 Å². The maximum absolute atomic E-state index is 14.0. The first-order chi connectivity index (χ1) is 9.04. The first kappa shape index (κ1) is 13.5. The predicted molar refractivity (Wildman–Crippen MR) is 74.5 cm³/mol. The number of pyridine rings is 1. The third-order valence-corrected chi connectivity index (χ3v) is 3.88. The van der Waals surface area contributed by atoms with Crippen molar-refractivity contribution in [2.75, 3.05) is 13.6 Å². The van der Waals surface area contributed by atoms with Gasteiger partial charge in [0.05, 0.1) is 12.7 Å². The van der Waals surface area contributed by atoms with Gasteiger partial charge in [0, 0.05) is 24.0 Å². The van der Waals surface area contributed by atoms with E-state index in [1.807, 2.05) is 12.1 Å². The predicted octanol–water partition coefficient (Wildman–Crippen LogP) is 2.70. The number of aromatic nitrogens is 1. The van der Waals surface area contributed by atoms with Crippen molar-refractivity contribution in [2.24, 2.45) is 4.36 Å². The zero-order valence-electron chi connectivity index (χ0n) is 10.3. The molecular formula is C13H12FN3OS. The van der Waals surface area contributed by atoms with Crippen LogP contribution in [0.4, 0.5) is 9.57 Å². The zero-order valence-corrected chi connectivity index (χ0v) is 11.1. The smallest absolute Gasteiger partial charge is 0.262 e. The second-order valence-corrected chi connectivity index (χ2v) is 5.56. The van der Waals surface area contributed by atoms with Crippen LogP contribution < -0.4 is 0 Å². The van der Waals surface area contributed by atoms with Crippen LogP contribution in [0.15, 0.2) is 41.0 Å². The van der Waals surface area contributed by atoms with Crippen molar-refractivity contribution in [1.82, 2.24) is 9.29 Å². The van der Waals surface area contributed by atoms with Crippen molar-refractivity contribution >= 4 is 26.8 Å². The van der Waals surface area contributed by atoms with Crippen LogP contribution in [-0.4, -0.2) is 27.1 Å². The third kappa shape index (κ3) is 2.89. The summed E-state index contributed by atoms with van der Waals surface area (Å²) in [5.41, 5.74) is 0.245. The first-order valence-electron chi connectivity index (χ1n) is 5.49. The van der Waals surface area contributed by atoms with Gasteiger partial charge in [0.15, 0.2) is 0 Å². The van der Waals surface area contributed by atoms with Crippen molar-refractivity contribution in [1.29, 1.82) is 0 Å². The Bertz CT molecular complexity index is 755. The van der Waals surface area contributed by atoms with Crippen LogP contribution in [0, 0.1) is 12.3 Å². The molecule has 0 N–H and O–H groups in total. The normalized spacial score (nSPS) is 14.0. The van der Waals surface area contributed by atoms with E-state index in [9.17, 15) is 8.09 Å². The molecule has 1 aromatic heterocycles. The summed E-state index contributed by atoms with van der Waals surface area (Å²) >= 11 is 0. The van der Waals surface area contributed by atoms with Gasteiger partial charge < -0.3 is 0 Å². The van der Waals surface area contributed by atoms with Gasteiger partial charge in [-0.3, -0.25) is 4.98 Å². The molecule has 1 atom stereocenters. The van der Waals surface area contributed by atoms with E-state index in [2.05, 4.69) is 15.3 Å². The summed E-state index contributed by atoms with van der Waals surface area (Å²) in [4.78, 5) is 3.96. The van der Waals surface area contributed by atoms with Crippen LogP contribution in [0.1, 0.15) is 0 Å². The average Bonchev–Trinajstić information content (AvgIpc) is 2.39. The SMILES string of the molecule is C#CCN(C)S(=O)(F)=Nc1cncc2ccccc12. The highest BCUT2D eigenvalue weighted by Gasteiger charge is 2.14. The van der Waals surface area contributed by atoms with Gasteiger partial charge in [-0.2, -0.15) is 12.9 Å². The van der Waals surface area contributed by atoms with E-state index in [1.54, 1.807) is 18.3 Å². The second kappa shape index (κ2) is 5.34. The minimum absolute atomic E-state index is 0.0863. The summed E-state index contributed by atoms with van der Waals surface area (Å²) in [6.45, 7) is -0.0863. The molecule has 0 aliphatic heterocycles. The van der Waals surface area contributed by atoms with Crippen molar-refractivity contribution in [3.8, 4) is 12.3 Å². The summed E-state index contributed by atoms with van der Waals surface area (Å²) in [7, 11) is -2.72. The molecule has 0 fully saturated rings. The van der Waals surface area contributed by atoms with Crippen LogP contribution in [0.2, 0.25) is 0 Å². The molecule has 2 rings (SSSR count). The largest absolute Gasteiger partial charge is 0.276 e. The fourth-order valence-electron chi connectivity index (χ4n) is 1.57. The lowest BCUT2D eigenvalue weighted by atomic mass is 10.1. The second-order valence-electron chi connectivity index (χ2n) is 3.89. The Labute approximate surface area is 111 Å². The zero-order chi connectivity index (χ0) is 13.9. The van der Waals surface area contributed by atoms with E-state index in [4.69, 9.17) is 6.42 Å². The molecule has 1 heterocycles. The molecule has 98 valence electrons. The van der Waals surface area contributed by atoms with Crippen LogP contribution >= 0.6 is 0 Å². The maximum atomic E-state index is 14.0. The third-order valence-electron chi connectivity index (χ3n) is 2.56. The molecule has 0 bridgehead atoms. The molecule has 4 nitrogen and oxygen atoms in total. The molecule has 1 unspecified atom stereocenters. The molecule has 0 radical (unpaired) electrons. The quantitative estimate of drug-likeness (QED) is 0.639. The summed E-state index contributed by atoms with van der Waals surface area (Å²) in [5, 5.41) is 1.50. The van der Waals surface area contributed by atoms with Crippen molar-refractivity contribution < 1.29 is 8.09 Å². The summed E-state index contributed by atoms with van der Waals surface area (Å²) in [5.74, 6) is 2.23. The van der Waals surface area contributed by atoms with E-state index in [-0.39, 0.29) is 12.2 Å². The Kier molecular flexibility index (Phi) is 3.79. The van der Waals surface area contributed by atoms with E-state index < -0.39 is 10.3 Å². The van der Waals surface area contributed by atoms with Gasteiger partial charge in [-0.25, -0.2) is 0 Å². The molecule has 0 aliphatic rings. The molecule has 0 amide bonds. The summed E-state index contributed by atoms with van der Waals surface area (Å²) in [6, 6.07) is 7.23. The highest BCUT2D eigenvalue weighted by atomic mass is 32.3. The Morgan fingerprint density at radius 2 is 2.21 bits per heavy atom. The molecule has 2 aromatic rings. The fraction of sp³-hybridized carbons (Fsp3) is 0.154. The molecule has 0 aliphatic carbocycles. The number of halogens is 1. The standard InChI is InChI=1S/C13H12FN3OS/c1-3-8-17(2)19(14,18)16-13-10-15-9-11-6-4-5-7-12(11)13/h1,4-7,9-10H,8H2,2H3. The highest BCUT2D eigenvalue weighted by Crippen LogP contribution is 2.26. The minimum Gasteiger partial charge on any atom is -0.262 e. The Hall–Kier alpha value is -1.97. The summed E-state index contributed by atoms with van der Waals surface area (Å²) < 4.78 is 30.5. The molecule has 6 heteroatoms. The monoisotopic (exact) mass is 277 g/mol.